The Morgan fingerprint density at radius 1 is 1.26 bits per heavy atom. The van der Waals surface area contributed by atoms with Gasteiger partial charge in [0.05, 0.1) is 5.56 Å². The first-order valence-corrected chi connectivity index (χ1v) is 7.61. The fraction of sp³-hybridized carbons (Fsp3) is 0.353. The number of carboxylic acid groups (broad SMARTS) is 1. The fourth-order valence-electron chi connectivity index (χ4n) is 2.56. The third-order valence-corrected chi connectivity index (χ3v) is 3.80. The van der Waals surface area contributed by atoms with E-state index in [1.165, 1.54) is 24.8 Å². The van der Waals surface area contributed by atoms with Gasteiger partial charge in [0.25, 0.3) is 5.91 Å². The summed E-state index contributed by atoms with van der Waals surface area (Å²) < 4.78 is 0. The van der Waals surface area contributed by atoms with Crippen LogP contribution in [-0.2, 0) is 4.79 Å². The quantitative estimate of drug-likeness (QED) is 0.573. The third kappa shape index (κ3) is 4.85. The van der Waals surface area contributed by atoms with Gasteiger partial charge in [-0.05, 0) is 31.0 Å². The van der Waals surface area contributed by atoms with Gasteiger partial charge >= 0.3 is 5.97 Å². The minimum atomic E-state index is -1.03. The maximum absolute atomic E-state index is 12.1. The molecule has 0 atom stereocenters. The van der Waals surface area contributed by atoms with E-state index in [2.05, 4.69) is 10.6 Å². The average molecular weight is 313 g/mol. The van der Waals surface area contributed by atoms with E-state index in [0.29, 0.717) is 5.69 Å². The van der Waals surface area contributed by atoms with Gasteiger partial charge in [0.1, 0.15) is 11.6 Å². The van der Waals surface area contributed by atoms with Crippen LogP contribution in [0.2, 0.25) is 0 Å². The van der Waals surface area contributed by atoms with Crippen molar-refractivity contribution in [2.45, 2.75) is 38.1 Å². The molecule has 0 aromatic heterocycles. The molecule has 1 aliphatic rings. The minimum absolute atomic E-state index is 0.0312. The van der Waals surface area contributed by atoms with E-state index in [1.807, 2.05) is 6.07 Å². The monoisotopic (exact) mass is 313 g/mol. The summed E-state index contributed by atoms with van der Waals surface area (Å²) in [5.41, 5.74) is 0.605. The zero-order chi connectivity index (χ0) is 16.7. The number of benzene rings is 1. The van der Waals surface area contributed by atoms with E-state index >= 15 is 0 Å². The van der Waals surface area contributed by atoms with E-state index in [4.69, 9.17) is 10.4 Å². The van der Waals surface area contributed by atoms with Crippen molar-refractivity contribution in [3.63, 3.8) is 0 Å². The second-order valence-electron chi connectivity index (χ2n) is 5.51. The number of nitriles is 1. The Bertz CT molecular complexity index is 655. The Morgan fingerprint density at radius 3 is 2.65 bits per heavy atom. The lowest BCUT2D eigenvalue weighted by Crippen LogP contribution is -2.37. The van der Waals surface area contributed by atoms with Crippen LogP contribution in [0.5, 0.6) is 0 Å². The minimum Gasteiger partial charge on any atom is -0.478 e. The fourth-order valence-corrected chi connectivity index (χ4v) is 2.56. The van der Waals surface area contributed by atoms with Crippen LogP contribution in [0.25, 0.3) is 0 Å². The van der Waals surface area contributed by atoms with E-state index in [0.717, 1.165) is 25.7 Å². The zero-order valence-electron chi connectivity index (χ0n) is 12.7. The number of hydrogen-bond donors (Lipinski definition) is 3. The molecule has 1 fully saturated rings. The molecule has 1 saturated carbocycles. The molecule has 6 nitrogen and oxygen atoms in total. The summed E-state index contributed by atoms with van der Waals surface area (Å²) in [6.07, 6.45) is 6.57. The number of amides is 1. The molecular formula is C17H19N3O3. The van der Waals surface area contributed by atoms with E-state index in [9.17, 15) is 9.59 Å². The first kappa shape index (κ1) is 16.6. The maximum atomic E-state index is 12.1. The average Bonchev–Trinajstić information content (AvgIpc) is 2.56. The Labute approximate surface area is 134 Å². The van der Waals surface area contributed by atoms with Gasteiger partial charge < -0.3 is 15.7 Å². The van der Waals surface area contributed by atoms with Crippen LogP contribution in [-0.4, -0.2) is 23.0 Å². The number of nitrogens with one attached hydrogen (secondary N) is 2. The highest BCUT2D eigenvalue weighted by molar-refractivity contribution is 5.97. The number of nitrogens with zero attached hydrogens (tertiary/aromatic N) is 1. The molecule has 23 heavy (non-hydrogen) atoms. The lowest BCUT2D eigenvalue weighted by molar-refractivity contribution is -0.118. The second kappa shape index (κ2) is 7.99. The molecule has 6 heteroatoms. The normalized spacial score (nSPS) is 15.5. The number of carboxylic acids is 1. The first-order chi connectivity index (χ1) is 11.1. The molecule has 1 aliphatic carbocycles. The molecule has 2 rings (SSSR count). The SMILES string of the molecule is N#C/C(=C/Nc1cccc(C(=O)O)c1)C(=O)NC1CCCCC1. The van der Waals surface area contributed by atoms with Gasteiger partial charge in [-0.3, -0.25) is 4.79 Å². The van der Waals surface area contributed by atoms with Gasteiger partial charge in [-0.25, -0.2) is 4.79 Å². The number of hydrogen-bond acceptors (Lipinski definition) is 4. The van der Waals surface area contributed by atoms with Gasteiger partial charge in [0, 0.05) is 17.9 Å². The summed E-state index contributed by atoms with van der Waals surface area (Å²) in [4.78, 5) is 23.0. The molecule has 0 spiro atoms. The van der Waals surface area contributed by atoms with Crippen molar-refractivity contribution >= 4 is 17.6 Å². The lowest BCUT2D eigenvalue weighted by atomic mass is 9.95. The molecular weight excluding hydrogens is 294 g/mol. The van der Waals surface area contributed by atoms with Gasteiger partial charge in [-0.2, -0.15) is 5.26 Å². The van der Waals surface area contributed by atoms with Crippen LogP contribution in [0.3, 0.4) is 0 Å². The molecule has 1 aromatic rings. The van der Waals surface area contributed by atoms with Crippen molar-refractivity contribution in [2.24, 2.45) is 0 Å². The van der Waals surface area contributed by atoms with Crippen LogP contribution in [0.1, 0.15) is 42.5 Å². The van der Waals surface area contributed by atoms with E-state index < -0.39 is 11.9 Å². The van der Waals surface area contributed by atoms with Crippen LogP contribution in [0, 0.1) is 11.3 Å². The highest BCUT2D eigenvalue weighted by Crippen LogP contribution is 2.18. The predicted molar refractivity (Wildman–Crippen MR) is 85.7 cm³/mol. The number of aromatic carboxylic acids is 1. The number of anilines is 1. The second-order valence-corrected chi connectivity index (χ2v) is 5.51. The largest absolute Gasteiger partial charge is 0.478 e. The van der Waals surface area contributed by atoms with Crippen LogP contribution >= 0.6 is 0 Å². The molecule has 0 aliphatic heterocycles. The number of carbonyl (C=O) groups is 2. The zero-order valence-corrected chi connectivity index (χ0v) is 12.7. The molecule has 1 amide bonds. The first-order valence-electron chi connectivity index (χ1n) is 7.61. The molecule has 0 heterocycles. The standard InChI is InChI=1S/C17H19N3O3/c18-10-13(16(21)20-14-6-2-1-3-7-14)11-19-15-8-4-5-12(9-15)17(22)23/h4-5,8-9,11,14,19H,1-3,6-7H2,(H,20,21)(H,22,23)/b13-11-. The summed E-state index contributed by atoms with van der Waals surface area (Å²) in [7, 11) is 0. The summed E-state index contributed by atoms with van der Waals surface area (Å²) in [5.74, 6) is -1.44. The Morgan fingerprint density at radius 2 is 2.00 bits per heavy atom. The molecule has 0 unspecified atom stereocenters. The van der Waals surface area contributed by atoms with Crippen molar-refractivity contribution < 1.29 is 14.7 Å². The Kier molecular flexibility index (Phi) is 5.75. The van der Waals surface area contributed by atoms with Crippen molar-refractivity contribution in [3.05, 3.63) is 41.6 Å². The predicted octanol–water partition coefficient (Wildman–Crippen LogP) is 2.65. The highest BCUT2D eigenvalue weighted by Gasteiger charge is 2.18. The van der Waals surface area contributed by atoms with Gasteiger partial charge in [0.2, 0.25) is 0 Å². The summed E-state index contributed by atoms with van der Waals surface area (Å²) in [6.45, 7) is 0. The number of rotatable bonds is 5. The molecule has 120 valence electrons. The molecule has 3 N–H and O–H groups in total. The summed E-state index contributed by atoms with van der Waals surface area (Å²) in [5, 5.41) is 23.7. The van der Waals surface area contributed by atoms with Crippen molar-refractivity contribution in [1.29, 1.82) is 5.26 Å². The molecule has 0 radical (unpaired) electrons. The van der Waals surface area contributed by atoms with Gasteiger partial charge in [-0.1, -0.05) is 25.3 Å². The van der Waals surface area contributed by atoms with Crippen molar-refractivity contribution in [2.75, 3.05) is 5.32 Å². The summed E-state index contributed by atoms with van der Waals surface area (Å²) >= 11 is 0. The topological polar surface area (TPSA) is 102 Å². The van der Waals surface area contributed by atoms with E-state index in [1.54, 1.807) is 12.1 Å². The van der Waals surface area contributed by atoms with Gasteiger partial charge in [0.15, 0.2) is 0 Å². The Balaban J connectivity index is 2.00. The maximum Gasteiger partial charge on any atom is 0.335 e. The van der Waals surface area contributed by atoms with Crippen LogP contribution in [0.4, 0.5) is 5.69 Å². The van der Waals surface area contributed by atoms with Crippen molar-refractivity contribution in [3.8, 4) is 6.07 Å². The van der Waals surface area contributed by atoms with E-state index in [-0.39, 0.29) is 17.2 Å². The van der Waals surface area contributed by atoms with Crippen LogP contribution < -0.4 is 10.6 Å². The lowest BCUT2D eigenvalue weighted by Gasteiger charge is -2.22. The van der Waals surface area contributed by atoms with Crippen molar-refractivity contribution in [1.82, 2.24) is 5.32 Å². The van der Waals surface area contributed by atoms with Crippen LogP contribution in [0.15, 0.2) is 36.0 Å². The molecule has 0 saturated heterocycles. The molecule has 1 aromatic carbocycles. The third-order valence-electron chi connectivity index (χ3n) is 3.80. The summed E-state index contributed by atoms with van der Waals surface area (Å²) in [6, 6.07) is 8.16. The number of carbonyl (C=O) groups excluding carboxylic acids is 1. The van der Waals surface area contributed by atoms with Gasteiger partial charge in [-0.15, -0.1) is 0 Å². The molecule has 0 bridgehead atoms. The smallest absolute Gasteiger partial charge is 0.335 e. The Hall–Kier alpha value is -2.81. The highest BCUT2D eigenvalue weighted by atomic mass is 16.4.